The molecule has 0 heterocycles. The van der Waals surface area contributed by atoms with Crippen LogP contribution in [-0.4, -0.2) is 37.7 Å². The van der Waals surface area contributed by atoms with E-state index in [9.17, 15) is 0 Å². The van der Waals surface area contributed by atoms with Gasteiger partial charge >= 0.3 is 0 Å². The summed E-state index contributed by atoms with van der Waals surface area (Å²) >= 11 is 0. The molecule has 10 heteroatoms. The summed E-state index contributed by atoms with van der Waals surface area (Å²) < 4.78 is 0. The Hall–Kier alpha value is 0.104. The number of rotatable bonds is 0. The smallest absolute Gasteiger partial charge is 0.291 e. The van der Waals surface area contributed by atoms with Crippen LogP contribution in [0.25, 0.3) is 0 Å². The second-order valence-electron chi connectivity index (χ2n) is 0.238. The minimum Gasteiger partial charge on any atom is -0.412 e. The predicted octanol–water partition coefficient (Wildman–Crippen LogP) is -4.47. The summed E-state index contributed by atoms with van der Waals surface area (Å²) in [6.45, 7) is 0. The Morgan fingerprint density at radius 1 is 1.00 bits per heavy atom. The van der Waals surface area contributed by atoms with E-state index in [4.69, 9.17) is 15.3 Å². The van der Waals surface area contributed by atoms with Crippen molar-refractivity contribution in [3.63, 3.8) is 0 Å². The van der Waals surface area contributed by atoms with E-state index in [1.807, 2.05) is 0 Å². The molecule has 0 aliphatic heterocycles. The first-order valence-electron chi connectivity index (χ1n) is 0.565. The Labute approximate surface area is 80.6 Å². The van der Waals surface area contributed by atoms with E-state index < -0.39 is 5.09 Å². The fourth-order valence-corrected chi connectivity index (χ4v) is 0. The molecular formula is H11NO8Y. The van der Waals surface area contributed by atoms with Crippen molar-refractivity contribution < 1.29 is 70.4 Å². The molecule has 11 N–H and O–H groups in total. The normalized spacial score (nSPS) is 2.40. The molecule has 0 fully saturated rings. The minimum atomic E-state index is -1.50. The summed E-state index contributed by atoms with van der Waals surface area (Å²) in [6, 6.07) is 0. The first-order valence-corrected chi connectivity index (χ1v) is 0.565. The maximum absolute atomic E-state index is 8.36. The third kappa shape index (κ3) is 37900. The monoisotopic (exact) mass is 242 g/mol. The molecule has 0 bridgehead atoms. The summed E-state index contributed by atoms with van der Waals surface area (Å²) in [5.74, 6) is 0. The third-order valence-corrected chi connectivity index (χ3v) is 0. The molecule has 0 aliphatic rings. The van der Waals surface area contributed by atoms with Crippen molar-refractivity contribution in [2.75, 3.05) is 0 Å². The SMILES string of the molecule is O.O.O.O.O.O=[N+]([O-])O.[Y]. The molecule has 67 valence electrons. The zero-order chi connectivity index (χ0) is 3.58. The van der Waals surface area contributed by atoms with Crippen LogP contribution in [-0.2, 0) is 32.7 Å². The van der Waals surface area contributed by atoms with Gasteiger partial charge < -0.3 is 32.6 Å². The van der Waals surface area contributed by atoms with E-state index in [-0.39, 0.29) is 60.1 Å². The van der Waals surface area contributed by atoms with Gasteiger partial charge in [-0.15, -0.1) is 10.1 Å². The summed E-state index contributed by atoms with van der Waals surface area (Å²) in [5.41, 5.74) is 0. The molecule has 0 rings (SSSR count). The zero-order valence-corrected chi connectivity index (χ0v) is 7.63. The van der Waals surface area contributed by atoms with E-state index in [2.05, 4.69) is 0 Å². The first kappa shape index (κ1) is 86.9. The van der Waals surface area contributed by atoms with Crippen LogP contribution in [0.1, 0.15) is 0 Å². The Balaban J connectivity index is -0.00000000300. The summed E-state index contributed by atoms with van der Waals surface area (Å²) in [6.07, 6.45) is 0. The van der Waals surface area contributed by atoms with Crippen molar-refractivity contribution in [2.24, 2.45) is 0 Å². The van der Waals surface area contributed by atoms with Crippen molar-refractivity contribution in [3.05, 3.63) is 10.1 Å². The molecule has 0 saturated heterocycles. The van der Waals surface area contributed by atoms with Gasteiger partial charge in [-0.1, -0.05) is 0 Å². The summed E-state index contributed by atoms with van der Waals surface area (Å²) in [4.78, 5) is 8.36. The van der Waals surface area contributed by atoms with Gasteiger partial charge in [-0.2, -0.15) is 0 Å². The van der Waals surface area contributed by atoms with Gasteiger partial charge in [-0.25, -0.2) is 0 Å². The second kappa shape index (κ2) is 62.1. The Morgan fingerprint density at radius 3 is 1.00 bits per heavy atom. The molecule has 0 spiro atoms. The molecule has 0 aromatic carbocycles. The maximum Gasteiger partial charge on any atom is 0.291 e. The summed E-state index contributed by atoms with van der Waals surface area (Å²) in [7, 11) is 0. The molecule has 0 atom stereocenters. The molecule has 0 aliphatic carbocycles. The van der Waals surface area contributed by atoms with E-state index in [0.29, 0.717) is 0 Å². The minimum absolute atomic E-state index is 0. The average molecular weight is 242 g/mol. The molecule has 1 radical (unpaired) electrons. The topological polar surface area (TPSA) is 221 Å². The maximum atomic E-state index is 8.36. The molecular weight excluding hydrogens is 231 g/mol. The van der Waals surface area contributed by atoms with Gasteiger partial charge in [0, 0.05) is 32.7 Å². The molecule has 9 nitrogen and oxygen atoms in total. The van der Waals surface area contributed by atoms with Crippen LogP contribution in [0.4, 0.5) is 0 Å². The van der Waals surface area contributed by atoms with E-state index >= 15 is 0 Å². The van der Waals surface area contributed by atoms with Crippen LogP contribution in [0.2, 0.25) is 0 Å². The van der Waals surface area contributed by atoms with Gasteiger partial charge in [0.25, 0.3) is 5.09 Å². The third-order valence-electron chi connectivity index (χ3n) is 0. The van der Waals surface area contributed by atoms with E-state index in [1.165, 1.54) is 0 Å². The Kier molecular flexibility index (Phi) is 539. The zero-order valence-electron chi connectivity index (χ0n) is 4.79. The van der Waals surface area contributed by atoms with Crippen molar-refractivity contribution in [1.82, 2.24) is 0 Å². The van der Waals surface area contributed by atoms with E-state index in [0.717, 1.165) is 0 Å². The largest absolute Gasteiger partial charge is 0.412 e. The second-order valence-corrected chi connectivity index (χ2v) is 0.238. The molecule has 0 amide bonds. The van der Waals surface area contributed by atoms with Gasteiger partial charge in [0.2, 0.25) is 0 Å². The number of hydrogen-bond donors (Lipinski definition) is 1. The standard InChI is InChI=1S/HNO3.5H2O.Y/c2-1(3)4;;;;;;/h(H,2,3,4);5*1H2;. The van der Waals surface area contributed by atoms with Crippen molar-refractivity contribution in [2.45, 2.75) is 0 Å². The molecule has 0 unspecified atom stereocenters. The molecule has 0 saturated carbocycles. The van der Waals surface area contributed by atoms with Gasteiger partial charge in [-0.05, 0) is 0 Å². The van der Waals surface area contributed by atoms with Crippen molar-refractivity contribution >= 4 is 0 Å². The number of nitrogens with zero attached hydrogens (tertiary/aromatic N) is 1. The first-order chi connectivity index (χ1) is 1.73. The van der Waals surface area contributed by atoms with Gasteiger partial charge in [-0.3, -0.25) is 0 Å². The Morgan fingerprint density at radius 2 is 1.00 bits per heavy atom. The summed E-state index contributed by atoms with van der Waals surface area (Å²) in [5, 5.41) is 13.6. The van der Waals surface area contributed by atoms with Crippen LogP contribution in [0, 0.1) is 10.1 Å². The van der Waals surface area contributed by atoms with Crippen LogP contribution >= 0.6 is 0 Å². The van der Waals surface area contributed by atoms with Crippen molar-refractivity contribution in [3.8, 4) is 0 Å². The molecule has 10 heavy (non-hydrogen) atoms. The Bertz CT molecular complexity index is 32.2. The fourth-order valence-electron chi connectivity index (χ4n) is 0. The van der Waals surface area contributed by atoms with Gasteiger partial charge in [0.05, 0.1) is 0 Å². The van der Waals surface area contributed by atoms with E-state index in [1.54, 1.807) is 0 Å². The molecule has 0 aromatic rings. The fraction of sp³-hybridized carbons (Fsp3) is 0. The average Bonchev–Trinajstić information content (AvgIpc) is 0.811. The van der Waals surface area contributed by atoms with Gasteiger partial charge in [0.1, 0.15) is 0 Å². The van der Waals surface area contributed by atoms with Crippen LogP contribution in [0.3, 0.4) is 0 Å². The number of hydrogen-bond acceptors (Lipinski definition) is 2. The quantitative estimate of drug-likeness (QED) is 0.327. The van der Waals surface area contributed by atoms with Gasteiger partial charge in [0.15, 0.2) is 0 Å². The van der Waals surface area contributed by atoms with Crippen LogP contribution in [0.15, 0.2) is 0 Å². The van der Waals surface area contributed by atoms with Crippen molar-refractivity contribution in [1.29, 1.82) is 0 Å². The predicted molar refractivity (Wildman–Crippen MR) is 26.8 cm³/mol. The van der Waals surface area contributed by atoms with Crippen LogP contribution < -0.4 is 0 Å². The van der Waals surface area contributed by atoms with Crippen LogP contribution in [0.5, 0.6) is 0 Å². The molecule has 0 aromatic heterocycles.